The smallest absolute Gasteiger partial charge is 0.143 e. The maximum absolute atomic E-state index is 6.67. The van der Waals surface area contributed by atoms with Crippen LogP contribution in [0.25, 0.3) is 82.5 Å². The van der Waals surface area contributed by atoms with E-state index in [0.717, 1.165) is 61.1 Å². The molecule has 2 aromatic heterocycles. The number of fused-ring (bicyclic) bond motifs is 12. The van der Waals surface area contributed by atoms with Crippen molar-refractivity contribution in [2.75, 3.05) is 4.90 Å². The molecule has 274 valence electrons. The zero-order valence-electron chi connectivity index (χ0n) is 32.3. The third kappa shape index (κ3) is 4.74. The lowest BCUT2D eigenvalue weighted by atomic mass is 9.82. The van der Waals surface area contributed by atoms with Crippen LogP contribution in [-0.4, -0.2) is 4.57 Å². The zero-order chi connectivity index (χ0) is 38.5. The Morgan fingerprint density at radius 1 is 0.448 bits per heavy atom. The van der Waals surface area contributed by atoms with Crippen molar-refractivity contribution in [3.05, 3.63) is 205 Å². The molecule has 0 N–H and O–H groups in total. The molecular formula is C55H38N2O. The monoisotopic (exact) mass is 742 g/mol. The van der Waals surface area contributed by atoms with E-state index in [2.05, 4.69) is 211 Å². The number of benzene rings is 9. The molecule has 0 saturated heterocycles. The van der Waals surface area contributed by atoms with Crippen LogP contribution in [-0.2, 0) is 5.41 Å². The Labute approximate surface area is 336 Å². The molecule has 11 aromatic rings. The molecule has 3 heteroatoms. The lowest BCUT2D eigenvalue weighted by Crippen LogP contribution is -2.16. The van der Waals surface area contributed by atoms with Crippen molar-refractivity contribution in [2.45, 2.75) is 19.3 Å². The van der Waals surface area contributed by atoms with Gasteiger partial charge >= 0.3 is 0 Å². The lowest BCUT2D eigenvalue weighted by molar-refractivity contribution is 0.660. The molecule has 0 amide bonds. The van der Waals surface area contributed by atoms with Crippen LogP contribution in [0.15, 0.2) is 199 Å². The summed E-state index contributed by atoms with van der Waals surface area (Å²) in [5.41, 5.74) is 16.2. The molecule has 0 radical (unpaired) electrons. The van der Waals surface area contributed by atoms with E-state index in [1.807, 2.05) is 6.07 Å². The minimum atomic E-state index is -0.121. The van der Waals surface area contributed by atoms with E-state index in [1.54, 1.807) is 0 Å². The predicted molar refractivity (Wildman–Crippen MR) is 243 cm³/mol. The Balaban J connectivity index is 1.07. The molecule has 1 aliphatic rings. The summed E-state index contributed by atoms with van der Waals surface area (Å²) in [5.74, 6) is 0. The second-order valence-electron chi connectivity index (χ2n) is 16.1. The molecule has 0 unspecified atom stereocenters. The number of aromatic nitrogens is 1. The lowest BCUT2D eigenvalue weighted by Gasteiger charge is -2.28. The van der Waals surface area contributed by atoms with Crippen LogP contribution in [0, 0.1) is 0 Å². The van der Waals surface area contributed by atoms with E-state index in [9.17, 15) is 0 Å². The van der Waals surface area contributed by atoms with E-state index in [0.29, 0.717) is 0 Å². The Bertz CT molecular complexity index is 3420. The van der Waals surface area contributed by atoms with Crippen LogP contribution in [0.2, 0.25) is 0 Å². The summed E-state index contributed by atoms with van der Waals surface area (Å²) >= 11 is 0. The summed E-state index contributed by atoms with van der Waals surface area (Å²) in [4.78, 5) is 2.42. The summed E-state index contributed by atoms with van der Waals surface area (Å²) in [6.07, 6.45) is 0. The highest BCUT2D eigenvalue weighted by atomic mass is 16.3. The van der Waals surface area contributed by atoms with Gasteiger partial charge in [-0.1, -0.05) is 141 Å². The molecule has 0 saturated carbocycles. The van der Waals surface area contributed by atoms with Crippen LogP contribution < -0.4 is 4.90 Å². The summed E-state index contributed by atoms with van der Waals surface area (Å²) in [6, 6.07) is 70.6. The molecule has 58 heavy (non-hydrogen) atoms. The number of rotatable bonds is 5. The summed E-state index contributed by atoms with van der Waals surface area (Å²) in [7, 11) is 0. The number of nitrogens with zero attached hydrogens (tertiary/aromatic N) is 2. The highest BCUT2D eigenvalue weighted by molar-refractivity contribution is 6.29. The minimum Gasteiger partial charge on any atom is -0.455 e. The van der Waals surface area contributed by atoms with E-state index in [-0.39, 0.29) is 5.41 Å². The van der Waals surface area contributed by atoms with Crippen LogP contribution in [0.1, 0.15) is 25.0 Å². The number of para-hydroxylation sites is 2. The number of furan rings is 1. The third-order valence-corrected chi connectivity index (χ3v) is 12.6. The highest BCUT2D eigenvalue weighted by Crippen LogP contribution is 2.51. The zero-order valence-corrected chi connectivity index (χ0v) is 32.3. The standard InChI is InChI=1S/C55H38N2O/c1-55(2)47-20-9-6-17-42(47)43-31-29-41(34-48(43)55)56(38-27-23-36(24-28-38)35-13-4-3-5-14-35)39-15-12-16-40(33-39)57-49-21-10-7-19-46(49)53-50(57)32-26-37-25-30-45-44-18-8-11-22-51(44)58-54(45)52(37)53/h3-34H,1-2H3. The highest BCUT2D eigenvalue weighted by Gasteiger charge is 2.35. The summed E-state index contributed by atoms with van der Waals surface area (Å²) in [6.45, 7) is 4.71. The minimum absolute atomic E-state index is 0.121. The van der Waals surface area contributed by atoms with Gasteiger partial charge in [0.1, 0.15) is 11.2 Å². The van der Waals surface area contributed by atoms with Crippen molar-refractivity contribution in [1.82, 2.24) is 4.57 Å². The van der Waals surface area contributed by atoms with Gasteiger partial charge in [-0.25, -0.2) is 0 Å². The number of hydrogen-bond donors (Lipinski definition) is 0. The van der Waals surface area contributed by atoms with Gasteiger partial charge in [0.15, 0.2) is 0 Å². The fourth-order valence-electron chi connectivity index (χ4n) is 9.81. The Kier molecular flexibility index (Phi) is 6.98. The average Bonchev–Trinajstić information content (AvgIpc) is 3.90. The quantitative estimate of drug-likeness (QED) is 0.175. The van der Waals surface area contributed by atoms with Gasteiger partial charge in [-0.15, -0.1) is 0 Å². The molecule has 1 aliphatic carbocycles. The van der Waals surface area contributed by atoms with Crippen LogP contribution in [0.3, 0.4) is 0 Å². The van der Waals surface area contributed by atoms with Gasteiger partial charge in [0.2, 0.25) is 0 Å². The van der Waals surface area contributed by atoms with Crippen molar-refractivity contribution in [2.24, 2.45) is 0 Å². The Morgan fingerprint density at radius 3 is 2.02 bits per heavy atom. The topological polar surface area (TPSA) is 21.3 Å². The third-order valence-electron chi connectivity index (χ3n) is 12.6. The maximum atomic E-state index is 6.67. The molecule has 0 bridgehead atoms. The van der Waals surface area contributed by atoms with Crippen molar-refractivity contribution in [1.29, 1.82) is 0 Å². The van der Waals surface area contributed by atoms with Crippen LogP contribution in [0.5, 0.6) is 0 Å². The van der Waals surface area contributed by atoms with Crippen LogP contribution in [0.4, 0.5) is 17.1 Å². The fourth-order valence-corrected chi connectivity index (χ4v) is 9.81. The molecule has 12 rings (SSSR count). The van der Waals surface area contributed by atoms with Crippen molar-refractivity contribution < 1.29 is 4.42 Å². The number of hydrogen-bond acceptors (Lipinski definition) is 2. The molecule has 2 heterocycles. The van der Waals surface area contributed by atoms with Crippen molar-refractivity contribution in [3.63, 3.8) is 0 Å². The molecule has 0 spiro atoms. The Hall–Kier alpha value is -7.36. The first kappa shape index (κ1) is 32.8. The Morgan fingerprint density at radius 2 is 1.14 bits per heavy atom. The van der Waals surface area contributed by atoms with Gasteiger partial charge in [0.25, 0.3) is 0 Å². The molecule has 3 nitrogen and oxygen atoms in total. The molecule has 0 atom stereocenters. The SMILES string of the molecule is CC1(C)c2ccccc2-c2ccc(N(c3ccc(-c4ccccc4)cc3)c3cccc(-n4c5ccccc5c5c6c(ccc7c8ccccc8oc76)ccc54)c3)cc21. The van der Waals surface area contributed by atoms with Gasteiger partial charge < -0.3 is 13.9 Å². The van der Waals surface area contributed by atoms with Gasteiger partial charge in [0, 0.05) is 55.1 Å². The van der Waals surface area contributed by atoms with Gasteiger partial charge in [0.05, 0.1) is 11.0 Å². The molecule has 0 aliphatic heterocycles. The van der Waals surface area contributed by atoms with Crippen LogP contribution >= 0.6 is 0 Å². The predicted octanol–water partition coefficient (Wildman–Crippen LogP) is 15.3. The average molecular weight is 743 g/mol. The first-order valence-corrected chi connectivity index (χ1v) is 20.1. The summed E-state index contributed by atoms with van der Waals surface area (Å²) < 4.78 is 9.10. The van der Waals surface area contributed by atoms with Gasteiger partial charge in [-0.3, -0.25) is 0 Å². The first-order valence-electron chi connectivity index (χ1n) is 20.1. The normalized spacial score (nSPS) is 13.1. The van der Waals surface area contributed by atoms with E-state index in [1.165, 1.54) is 49.5 Å². The second-order valence-corrected chi connectivity index (χ2v) is 16.1. The first-order chi connectivity index (χ1) is 28.5. The number of anilines is 3. The van der Waals surface area contributed by atoms with Crippen molar-refractivity contribution in [3.8, 4) is 27.9 Å². The van der Waals surface area contributed by atoms with Gasteiger partial charge in [-0.2, -0.15) is 0 Å². The largest absolute Gasteiger partial charge is 0.455 e. The van der Waals surface area contributed by atoms with Crippen molar-refractivity contribution >= 4 is 71.6 Å². The van der Waals surface area contributed by atoms with E-state index >= 15 is 0 Å². The second kappa shape index (κ2) is 12.3. The van der Waals surface area contributed by atoms with E-state index < -0.39 is 0 Å². The molecule has 9 aromatic carbocycles. The molecular weight excluding hydrogens is 705 g/mol. The fraction of sp³-hybridized carbons (Fsp3) is 0.0545. The van der Waals surface area contributed by atoms with Gasteiger partial charge in [-0.05, 0) is 105 Å². The summed E-state index contributed by atoms with van der Waals surface area (Å²) in [5, 5.41) is 7.02. The molecule has 0 fully saturated rings. The van der Waals surface area contributed by atoms with E-state index in [4.69, 9.17) is 4.42 Å². The maximum Gasteiger partial charge on any atom is 0.143 e.